The Hall–Kier alpha value is -2.21. The molecule has 0 spiro atoms. The molecule has 7 heteroatoms. The molecular weight excluding hydrogens is 296 g/mol. The van der Waals surface area contributed by atoms with Crippen molar-refractivity contribution in [1.29, 1.82) is 0 Å². The van der Waals surface area contributed by atoms with E-state index >= 15 is 0 Å². The van der Waals surface area contributed by atoms with Crippen LogP contribution in [0.2, 0.25) is 5.15 Å². The fourth-order valence-electron chi connectivity index (χ4n) is 1.79. The Morgan fingerprint density at radius 1 is 0.905 bits per heavy atom. The molecule has 6 nitrogen and oxygen atoms in total. The Labute approximate surface area is 127 Å². The van der Waals surface area contributed by atoms with Gasteiger partial charge in [0.2, 0.25) is 11.6 Å². The van der Waals surface area contributed by atoms with Gasteiger partial charge >= 0.3 is 0 Å². The molecule has 0 N–H and O–H groups in total. The second kappa shape index (κ2) is 6.49. The van der Waals surface area contributed by atoms with Crippen LogP contribution >= 0.6 is 11.6 Å². The average Bonchev–Trinajstić information content (AvgIpc) is 2.45. The lowest BCUT2D eigenvalue weighted by Gasteiger charge is -2.14. The van der Waals surface area contributed by atoms with Crippen molar-refractivity contribution in [1.82, 2.24) is 9.97 Å². The molecule has 112 valence electrons. The van der Waals surface area contributed by atoms with E-state index in [4.69, 9.17) is 30.5 Å². The van der Waals surface area contributed by atoms with Crippen LogP contribution in [0.25, 0.3) is 0 Å². The normalized spacial score (nSPS) is 10.1. The molecule has 1 heterocycles. The third kappa shape index (κ3) is 3.46. The van der Waals surface area contributed by atoms with E-state index < -0.39 is 0 Å². The Balaban J connectivity index is 2.40. The van der Waals surface area contributed by atoms with Crippen LogP contribution in [-0.4, -0.2) is 31.3 Å². The smallest absolute Gasteiger partial charge is 0.224 e. The quantitative estimate of drug-likeness (QED) is 0.790. The largest absolute Gasteiger partial charge is 0.493 e. The van der Waals surface area contributed by atoms with Gasteiger partial charge in [-0.3, -0.25) is 0 Å². The topological polar surface area (TPSA) is 62.7 Å². The zero-order valence-electron chi connectivity index (χ0n) is 12.1. The second-order valence-corrected chi connectivity index (χ2v) is 4.43. The highest BCUT2D eigenvalue weighted by Crippen LogP contribution is 2.41. The molecule has 0 unspecified atom stereocenters. The molecule has 0 saturated carbocycles. The molecule has 0 fully saturated rings. The number of nitrogens with zero attached hydrogens (tertiary/aromatic N) is 2. The number of benzene rings is 1. The predicted molar refractivity (Wildman–Crippen MR) is 78.0 cm³/mol. The van der Waals surface area contributed by atoms with Gasteiger partial charge in [-0.15, -0.1) is 0 Å². The Morgan fingerprint density at radius 3 is 2.00 bits per heavy atom. The third-order valence-electron chi connectivity index (χ3n) is 2.64. The summed E-state index contributed by atoms with van der Waals surface area (Å²) in [5.41, 5.74) is 0. The molecule has 2 rings (SSSR count). The monoisotopic (exact) mass is 310 g/mol. The molecule has 0 aliphatic carbocycles. The van der Waals surface area contributed by atoms with Crippen molar-refractivity contribution in [2.24, 2.45) is 0 Å². The van der Waals surface area contributed by atoms with Gasteiger partial charge in [-0.1, -0.05) is 11.6 Å². The van der Waals surface area contributed by atoms with E-state index in [0.717, 1.165) is 0 Å². The summed E-state index contributed by atoms with van der Waals surface area (Å²) in [6.45, 7) is 1.73. The fourth-order valence-corrected chi connectivity index (χ4v) is 2.01. The summed E-state index contributed by atoms with van der Waals surface area (Å²) in [6.07, 6.45) is 0. The number of aryl methyl sites for hydroxylation is 1. The van der Waals surface area contributed by atoms with Crippen LogP contribution in [0.4, 0.5) is 0 Å². The summed E-state index contributed by atoms with van der Waals surface area (Å²) in [5, 5.41) is 0.310. The van der Waals surface area contributed by atoms with Crippen LogP contribution in [-0.2, 0) is 0 Å². The van der Waals surface area contributed by atoms with Crippen LogP contribution in [0.15, 0.2) is 18.2 Å². The molecular formula is C14H15ClN2O4. The highest BCUT2D eigenvalue weighted by molar-refractivity contribution is 6.29. The molecule has 21 heavy (non-hydrogen) atoms. The first-order valence-electron chi connectivity index (χ1n) is 6.06. The van der Waals surface area contributed by atoms with Gasteiger partial charge in [0.05, 0.1) is 21.3 Å². The van der Waals surface area contributed by atoms with E-state index in [1.54, 1.807) is 19.1 Å². The first-order valence-corrected chi connectivity index (χ1v) is 6.44. The summed E-state index contributed by atoms with van der Waals surface area (Å²) >= 11 is 5.88. The summed E-state index contributed by atoms with van der Waals surface area (Å²) in [7, 11) is 4.61. The zero-order chi connectivity index (χ0) is 15.4. The molecule has 1 aromatic carbocycles. The van der Waals surface area contributed by atoms with E-state index in [9.17, 15) is 0 Å². The van der Waals surface area contributed by atoms with Crippen LogP contribution in [0, 0.1) is 6.92 Å². The van der Waals surface area contributed by atoms with Crippen molar-refractivity contribution in [2.45, 2.75) is 6.92 Å². The van der Waals surface area contributed by atoms with E-state index in [0.29, 0.717) is 39.9 Å². The maximum absolute atomic E-state index is 5.88. The number of ether oxygens (including phenoxy) is 4. The number of hydrogen-bond donors (Lipinski definition) is 0. The second-order valence-electron chi connectivity index (χ2n) is 4.04. The highest BCUT2D eigenvalue weighted by atomic mass is 35.5. The average molecular weight is 311 g/mol. The lowest BCUT2D eigenvalue weighted by molar-refractivity contribution is 0.320. The maximum Gasteiger partial charge on any atom is 0.224 e. The molecule has 0 aliphatic rings. The SMILES string of the molecule is COc1cc(Oc2cc(Cl)nc(C)n2)cc(OC)c1OC. The van der Waals surface area contributed by atoms with Crippen LogP contribution in [0.3, 0.4) is 0 Å². The first-order chi connectivity index (χ1) is 10.1. The van der Waals surface area contributed by atoms with Gasteiger partial charge in [-0.2, -0.15) is 4.98 Å². The van der Waals surface area contributed by atoms with Crippen LogP contribution in [0.1, 0.15) is 5.82 Å². The van der Waals surface area contributed by atoms with E-state index in [1.807, 2.05) is 0 Å². The molecule has 0 bridgehead atoms. The summed E-state index contributed by atoms with van der Waals surface area (Å²) in [4.78, 5) is 8.13. The first kappa shape index (κ1) is 15.2. The number of aromatic nitrogens is 2. The van der Waals surface area contributed by atoms with E-state index in [2.05, 4.69) is 9.97 Å². The molecule has 2 aromatic rings. The minimum Gasteiger partial charge on any atom is -0.493 e. The van der Waals surface area contributed by atoms with Gasteiger partial charge in [-0.05, 0) is 6.92 Å². The Kier molecular flexibility index (Phi) is 4.70. The van der Waals surface area contributed by atoms with E-state index in [-0.39, 0.29) is 0 Å². The van der Waals surface area contributed by atoms with Gasteiger partial charge in [0.15, 0.2) is 11.5 Å². The molecule has 0 atom stereocenters. The number of rotatable bonds is 5. The summed E-state index contributed by atoms with van der Waals surface area (Å²) in [6, 6.07) is 4.87. The number of hydrogen-bond acceptors (Lipinski definition) is 6. The fraction of sp³-hybridized carbons (Fsp3) is 0.286. The molecule has 0 radical (unpaired) electrons. The van der Waals surface area contributed by atoms with Crippen molar-refractivity contribution < 1.29 is 18.9 Å². The lowest BCUT2D eigenvalue weighted by Crippen LogP contribution is -1.97. The summed E-state index contributed by atoms with van der Waals surface area (Å²) < 4.78 is 21.4. The van der Waals surface area contributed by atoms with Gasteiger partial charge in [0.1, 0.15) is 16.7 Å². The maximum atomic E-state index is 5.88. The van der Waals surface area contributed by atoms with Crippen molar-refractivity contribution in [2.75, 3.05) is 21.3 Å². The Morgan fingerprint density at radius 2 is 1.52 bits per heavy atom. The molecule has 1 aromatic heterocycles. The van der Waals surface area contributed by atoms with Crippen molar-refractivity contribution >= 4 is 11.6 Å². The number of methoxy groups -OCH3 is 3. The van der Waals surface area contributed by atoms with Crippen molar-refractivity contribution in [3.8, 4) is 28.9 Å². The van der Waals surface area contributed by atoms with Crippen LogP contribution in [0.5, 0.6) is 28.9 Å². The predicted octanol–water partition coefficient (Wildman–Crippen LogP) is 3.26. The van der Waals surface area contributed by atoms with Crippen LogP contribution < -0.4 is 18.9 Å². The Bertz CT molecular complexity index is 604. The van der Waals surface area contributed by atoms with Crippen molar-refractivity contribution in [3.63, 3.8) is 0 Å². The molecule has 0 saturated heterocycles. The third-order valence-corrected chi connectivity index (χ3v) is 2.84. The van der Waals surface area contributed by atoms with E-state index in [1.165, 1.54) is 27.4 Å². The van der Waals surface area contributed by atoms with Gasteiger partial charge in [0.25, 0.3) is 0 Å². The zero-order valence-corrected chi connectivity index (χ0v) is 12.9. The number of halogens is 1. The van der Waals surface area contributed by atoms with Crippen molar-refractivity contribution in [3.05, 3.63) is 29.2 Å². The minimum absolute atomic E-state index is 0.310. The van der Waals surface area contributed by atoms with Gasteiger partial charge < -0.3 is 18.9 Å². The highest BCUT2D eigenvalue weighted by Gasteiger charge is 2.15. The minimum atomic E-state index is 0.310. The lowest BCUT2D eigenvalue weighted by atomic mass is 10.2. The standard InChI is InChI=1S/C14H15ClN2O4/c1-8-16-12(15)7-13(17-8)21-9-5-10(18-2)14(20-4)11(6-9)19-3/h5-7H,1-4H3. The van der Waals surface area contributed by atoms with Gasteiger partial charge in [-0.25, -0.2) is 4.98 Å². The molecule has 0 aliphatic heterocycles. The summed E-state index contributed by atoms with van der Waals surface area (Å²) in [5.74, 6) is 2.81. The van der Waals surface area contributed by atoms with Gasteiger partial charge in [0, 0.05) is 18.2 Å². The molecule has 0 amide bonds.